The van der Waals surface area contributed by atoms with Gasteiger partial charge in [0.15, 0.2) is 0 Å². The van der Waals surface area contributed by atoms with Gasteiger partial charge in [0.2, 0.25) is 5.91 Å². The zero-order chi connectivity index (χ0) is 14.7. The van der Waals surface area contributed by atoms with E-state index in [9.17, 15) is 4.79 Å². The molecular weight excluding hydrogens is 270 g/mol. The van der Waals surface area contributed by atoms with E-state index in [1.165, 1.54) is 5.56 Å². The minimum atomic E-state index is 0.0393. The molecule has 20 heavy (non-hydrogen) atoms. The number of carbonyl (C=O) groups excluding carboxylic acids is 1. The van der Waals surface area contributed by atoms with Gasteiger partial charge in [-0.25, -0.2) is 0 Å². The fourth-order valence-corrected chi connectivity index (χ4v) is 3.56. The summed E-state index contributed by atoms with van der Waals surface area (Å²) < 4.78 is 0. The Bertz CT molecular complexity index is 420. The second kappa shape index (κ2) is 6.70. The Labute approximate surface area is 125 Å². The van der Waals surface area contributed by atoms with Gasteiger partial charge in [0.25, 0.3) is 0 Å². The molecule has 2 rings (SSSR count). The lowest BCUT2D eigenvalue weighted by molar-refractivity contribution is -0.131. The summed E-state index contributed by atoms with van der Waals surface area (Å²) in [6.45, 7) is 5.79. The molecule has 0 aliphatic carbocycles. The molecule has 1 fully saturated rings. The zero-order valence-corrected chi connectivity index (χ0v) is 13.6. The second-order valence-electron chi connectivity index (χ2n) is 6.19. The molecule has 4 nitrogen and oxygen atoms in total. The fraction of sp³-hybridized carbons (Fsp3) is 0.667. The van der Waals surface area contributed by atoms with Gasteiger partial charge in [0.1, 0.15) is 6.17 Å². The number of hydrogen-bond acceptors (Lipinski definition) is 4. The molecule has 0 aromatic carbocycles. The van der Waals surface area contributed by atoms with Crippen LogP contribution in [0.5, 0.6) is 0 Å². The molecule has 1 N–H and O–H groups in total. The average Bonchev–Trinajstić information content (AvgIpc) is 2.95. The lowest BCUT2D eigenvalue weighted by atomic mass is 10.0. The first-order valence-corrected chi connectivity index (χ1v) is 8.14. The number of likely N-dealkylation sites (N-methyl/N-ethyl adjacent to an activating group) is 1. The van der Waals surface area contributed by atoms with Crippen molar-refractivity contribution in [2.45, 2.75) is 32.5 Å². The van der Waals surface area contributed by atoms with E-state index < -0.39 is 0 Å². The van der Waals surface area contributed by atoms with Crippen molar-refractivity contribution in [3.05, 3.63) is 22.4 Å². The summed E-state index contributed by atoms with van der Waals surface area (Å²) in [6, 6.07) is 2.37. The smallest absolute Gasteiger partial charge is 0.238 e. The van der Waals surface area contributed by atoms with Gasteiger partial charge in [-0.3, -0.25) is 10.1 Å². The highest BCUT2D eigenvalue weighted by atomic mass is 32.1. The normalized spacial score (nSPS) is 21.2. The van der Waals surface area contributed by atoms with Gasteiger partial charge in [-0.2, -0.15) is 11.3 Å². The van der Waals surface area contributed by atoms with Crippen LogP contribution in [0.3, 0.4) is 0 Å². The summed E-state index contributed by atoms with van der Waals surface area (Å²) >= 11 is 1.68. The molecular formula is C15H25N3OS. The van der Waals surface area contributed by atoms with Crippen LogP contribution in [0.25, 0.3) is 0 Å². The van der Waals surface area contributed by atoms with E-state index in [1.807, 2.05) is 0 Å². The SMILES string of the molecule is CC(C)CC(CN(C)C)N1C(=O)CNC1c1ccsc1. The van der Waals surface area contributed by atoms with E-state index in [4.69, 9.17) is 0 Å². The molecule has 2 atom stereocenters. The summed E-state index contributed by atoms with van der Waals surface area (Å²) in [5.41, 5.74) is 1.20. The van der Waals surface area contributed by atoms with Crippen LogP contribution < -0.4 is 5.32 Å². The largest absolute Gasteiger partial charge is 0.318 e. The minimum absolute atomic E-state index is 0.0393. The van der Waals surface area contributed by atoms with Crippen LogP contribution in [0.2, 0.25) is 0 Å². The molecule has 1 saturated heterocycles. The highest BCUT2D eigenvalue weighted by Gasteiger charge is 2.37. The van der Waals surface area contributed by atoms with E-state index in [0.29, 0.717) is 12.5 Å². The van der Waals surface area contributed by atoms with E-state index in [0.717, 1.165) is 13.0 Å². The van der Waals surface area contributed by atoms with E-state index in [2.05, 4.69) is 59.9 Å². The molecule has 1 aliphatic heterocycles. The predicted octanol–water partition coefficient (Wildman–Crippen LogP) is 2.15. The Morgan fingerprint density at radius 3 is 2.80 bits per heavy atom. The Morgan fingerprint density at radius 2 is 2.25 bits per heavy atom. The fourth-order valence-electron chi connectivity index (χ4n) is 2.88. The second-order valence-corrected chi connectivity index (χ2v) is 6.97. The average molecular weight is 295 g/mol. The Morgan fingerprint density at radius 1 is 1.50 bits per heavy atom. The maximum absolute atomic E-state index is 12.3. The predicted molar refractivity (Wildman–Crippen MR) is 83.7 cm³/mol. The number of carbonyl (C=O) groups is 1. The van der Waals surface area contributed by atoms with Crippen molar-refractivity contribution in [3.8, 4) is 0 Å². The number of amides is 1. The maximum atomic E-state index is 12.3. The quantitative estimate of drug-likeness (QED) is 0.873. The van der Waals surface area contributed by atoms with Crippen molar-refractivity contribution in [2.24, 2.45) is 5.92 Å². The molecule has 0 radical (unpaired) electrons. The molecule has 1 amide bonds. The minimum Gasteiger partial charge on any atom is -0.318 e. The van der Waals surface area contributed by atoms with Crippen molar-refractivity contribution in [2.75, 3.05) is 27.2 Å². The van der Waals surface area contributed by atoms with Crippen LogP contribution in [0, 0.1) is 5.92 Å². The number of nitrogens with zero attached hydrogens (tertiary/aromatic N) is 2. The number of hydrogen-bond donors (Lipinski definition) is 1. The van der Waals surface area contributed by atoms with Crippen molar-refractivity contribution in [3.63, 3.8) is 0 Å². The van der Waals surface area contributed by atoms with Gasteiger partial charge in [-0.05, 0) is 48.8 Å². The van der Waals surface area contributed by atoms with Gasteiger partial charge in [-0.1, -0.05) is 13.8 Å². The molecule has 0 spiro atoms. The molecule has 1 aromatic heterocycles. The maximum Gasteiger partial charge on any atom is 0.238 e. The van der Waals surface area contributed by atoms with E-state index >= 15 is 0 Å². The molecule has 1 aromatic rings. The third-order valence-corrected chi connectivity index (χ3v) is 4.29. The van der Waals surface area contributed by atoms with E-state index in [1.54, 1.807) is 11.3 Å². The molecule has 112 valence electrons. The van der Waals surface area contributed by atoms with Gasteiger partial charge in [0, 0.05) is 12.6 Å². The summed E-state index contributed by atoms with van der Waals surface area (Å²) in [5, 5.41) is 7.55. The molecule has 2 heterocycles. The monoisotopic (exact) mass is 295 g/mol. The molecule has 0 bridgehead atoms. The number of nitrogens with one attached hydrogen (secondary N) is 1. The van der Waals surface area contributed by atoms with Crippen LogP contribution in [-0.4, -0.2) is 48.9 Å². The van der Waals surface area contributed by atoms with Gasteiger partial charge < -0.3 is 9.80 Å². The van der Waals surface area contributed by atoms with Gasteiger partial charge in [0.05, 0.1) is 6.54 Å². The summed E-state index contributed by atoms with van der Waals surface area (Å²) in [4.78, 5) is 16.6. The van der Waals surface area contributed by atoms with Crippen molar-refractivity contribution < 1.29 is 4.79 Å². The zero-order valence-electron chi connectivity index (χ0n) is 12.8. The molecule has 2 unspecified atom stereocenters. The Hall–Kier alpha value is -0.910. The highest BCUT2D eigenvalue weighted by Crippen LogP contribution is 2.28. The lowest BCUT2D eigenvalue weighted by Crippen LogP contribution is -2.45. The first kappa shape index (κ1) is 15.5. The van der Waals surface area contributed by atoms with Crippen LogP contribution in [0.4, 0.5) is 0 Å². The van der Waals surface area contributed by atoms with Crippen LogP contribution in [0.15, 0.2) is 16.8 Å². The van der Waals surface area contributed by atoms with Gasteiger partial charge in [-0.15, -0.1) is 0 Å². The topological polar surface area (TPSA) is 35.6 Å². The summed E-state index contributed by atoms with van der Waals surface area (Å²) in [5.74, 6) is 0.796. The first-order valence-electron chi connectivity index (χ1n) is 7.20. The summed E-state index contributed by atoms with van der Waals surface area (Å²) in [7, 11) is 4.14. The standard InChI is InChI=1S/C15H25N3OS/c1-11(2)7-13(9-17(3)4)18-14(19)8-16-15(18)12-5-6-20-10-12/h5-6,10-11,13,15-16H,7-9H2,1-4H3. The highest BCUT2D eigenvalue weighted by molar-refractivity contribution is 7.07. The Kier molecular flexibility index (Phi) is 5.18. The number of thiophene rings is 1. The first-order chi connectivity index (χ1) is 9.49. The lowest BCUT2D eigenvalue weighted by Gasteiger charge is -2.35. The molecule has 0 saturated carbocycles. The van der Waals surface area contributed by atoms with Gasteiger partial charge >= 0.3 is 0 Å². The van der Waals surface area contributed by atoms with Crippen molar-refractivity contribution in [1.82, 2.24) is 15.1 Å². The Balaban J connectivity index is 2.20. The van der Waals surface area contributed by atoms with E-state index in [-0.39, 0.29) is 18.1 Å². The van der Waals surface area contributed by atoms with Crippen LogP contribution >= 0.6 is 11.3 Å². The third-order valence-electron chi connectivity index (χ3n) is 3.58. The van der Waals surface area contributed by atoms with Crippen LogP contribution in [0.1, 0.15) is 32.0 Å². The third kappa shape index (κ3) is 3.59. The number of rotatable bonds is 6. The van der Waals surface area contributed by atoms with Crippen molar-refractivity contribution >= 4 is 17.2 Å². The summed E-state index contributed by atoms with van der Waals surface area (Å²) in [6.07, 6.45) is 1.07. The van der Waals surface area contributed by atoms with Crippen molar-refractivity contribution in [1.29, 1.82) is 0 Å². The molecule has 5 heteroatoms. The van der Waals surface area contributed by atoms with Crippen LogP contribution in [-0.2, 0) is 4.79 Å². The molecule has 1 aliphatic rings.